The van der Waals surface area contributed by atoms with Crippen molar-refractivity contribution in [2.45, 2.75) is 13.1 Å². The average Bonchev–Trinajstić information content (AvgIpc) is 2.69. The monoisotopic (exact) mass is 413 g/mol. The van der Waals surface area contributed by atoms with Crippen molar-refractivity contribution in [3.63, 3.8) is 0 Å². The van der Waals surface area contributed by atoms with E-state index in [2.05, 4.69) is 25.9 Å². The molecule has 0 unspecified atom stereocenters. The lowest BCUT2D eigenvalue weighted by Crippen LogP contribution is -2.23. The molecular formula is C17H18F3N5O4. The molecule has 0 spiro atoms. The van der Waals surface area contributed by atoms with Crippen LogP contribution in [0, 0.1) is 0 Å². The van der Waals surface area contributed by atoms with E-state index in [1.807, 2.05) is 0 Å². The lowest BCUT2D eigenvalue weighted by atomic mass is 10.2. The second-order valence-corrected chi connectivity index (χ2v) is 5.71. The minimum Gasteiger partial charge on any atom is -0.484 e. The van der Waals surface area contributed by atoms with Crippen LogP contribution in [0.5, 0.6) is 17.2 Å². The van der Waals surface area contributed by atoms with Crippen molar-refractivity contribution >= 4 is 23.5 Å². The van der Waals surface area contributed by atoms with Crippen LogP contribution in [-0.2, 0) is 6.18 Å². The zero-order valence-electron chi connectivity index (χ0n) is 15.5. The Bertz CT molecular complexity index is 907. The molecule has 12 heteroatoms. The van der Waals surface area contributed by atoms with Crippen LogP contribution in [-0.4, -0.2) is 42.9 Å². The minimum absolute atomic E-state index is 0.0784. The summed E-state index contributed by atoms with van der Waals surface area (Å²) in [5, 5.41) is 7.71. The molecule has 0 fully saturated rings. The van der Waals surface area contributed by atoms with Crippen molar-refractivity contribution in [3.05, 3.63) is 23.9 Å². The van der Waals surface area contributed by atoms with Crippen molar-refractivity contribution in [3.8, 4) is 17.2 Å². The maximum absolute atomic E-state index is 13.1. The Balaban J connectivity index is 1.94. The first-order valence-corrected chi connectivity index (χ1v) is 8.60. The fourth-order valence-electron chi connectivity index (χ4n) is 2.51. The molecule has 1 aliphatic rings. The standard InChI is InChI=1S/C17H18F3N5O4/c1-3-22-14-9(17(18,19)20)8-23-15(25-14)24-10-4-5-11(29-16(26)21-2)13-12(10)27-6-7-28-13/h4-5,8H,3,6-7H2,1-2H3,(H,21,26)(H2,22,23,24,25). The molecule has 1 aliphatic heterocycles. The Morgan fingerprint density at radius 1 is 1.24 bits per heavy atom. The Hall–Kier alpha value is -3.44. The van der Waals surface area contributed by atoms with Gasteiger partial charge in [-0.1, -0.05) is 0 Å². The van der Waals surface area contributed by atoms with Gasteiger partial charge in [0.15, 0.2) is 11.5 Å². The number of benzene rings is 1. The third kappa shape index (κ3) is 4.52. The second-order valence-electron chi connectivity index (χ2n) is 5.71. The predicted molar refractivity (Wildman–Crippen MR) is 97.0 cm³/mol. The molecule has 29 heavy (non-hydrogen) atoms. The third-order valence-corrected chi connectivity index (χ3v) is 3.74. The zero-order valence-corrected chi connectivity index (χ0v) is 15.5. The Kier molecular flexibility index (Phi) is 5.80. The molecule has 3 N–H and O–H groups in total. The van der Waals surface area contributed by atoms with Gasteiger partial charge in [-0.15, -0.1) is 0 Å². The quantitative estimate of drug-likeness (QED) is 0.686. The predicted octanol–water partition coefficient (Wildman–Crippen LogP) is 3.16. The summed E-state index contributed by atoms with van der Waals surface area (Å²) in [4.78, 5) is 19.1. The van der Waals surface area contributed by atoms with Gasteiger partial charge in [0.05, 0.1) is 5.69 Å². The molecule has 0 saturated heterocycles. The smallest absolute Gasteiger partial charge is 0.421 e. The maximum Gasteiger partial charge on any atom is 0.421 e. The molecule has 1 aromatic heterocycles. The van der Waals surface area contributed by atoms with Gasteiger partial charge in [0.1, 0.15) is 24.6 Å². The summed E-state index contributed by atoms with van der Waals surface area (Å²) >= 11 is 0. The second kappa shape index (κ2) is 8.29. The van der Waals surface area contributed by atoms with Gasteiger partial charge in [0, 0.05) is 19.8 Å². The van der Waals surface area contributed by atoms with Crippen LogP contribution < -0.4 is 30.2 Å². The van der Waals surface area contributed by atoms with E-state index < -0.39 is 17.8 Å². The fourth-order valence-corrected chi connectivity index (χ4v) is 2.51. The maximum atomic E-state index is 13.1. The minimum atomic E-state index is -4.59. The SMILES string of the molecule is CCNc1nc(Nc2ccc(OC(=O)NC)c3c2OCCO3)ncc1C(F)(F)F. The van der Waals surface area contributed by atoms with E-state index in [0.717, 1.165) is 0 Å². The Labute approximate surface area is 163 Å². The molecule has 3 rings (SSSR count). The average molecular weight is 413 g/mol. The van der Waals surface area contributed by atoms with Crippen molar-refractivity contribution in [2.75, 3.05) is 37.4 Å². The number of nitrogens with zero attached hydrogens (tertiary/aromatic N) is 2. The number of rotatable bonds is 5. The van der Waals surface area contributed by atoms with E-state index in [-0.39, 0.29) is 48.8 Å². The highest BCUT2D eigenvalue weighted by Crippen LogP contribution is 2.45. The number of aromatic nitrogens is 2. The molecular weight excluding hydrogens is 395 g/mol. The molecule has 9 nitrogen and oxygen atoms in total. The highest BCUT2D eigenvalue weighted by molar-refractivity contribution is 5.76. The van der Waals surface area contributed by atoms with E-state index in [9.17, 15) is 18.0 Å². The summed E-state index contributed by atoms with van der Waals surface area (Å²) in [5.41, 5.74) is -0.632. The molecule has 0 bridgehead atoms. The summed E-state index contributed by atoms with van der Waals surface area (Å²) in [6, 6.07) is 2.97. The molecule has 2 aromatic rings. The first-order chi connectivity index (χ1) is 13.8. The fraction of sp³-hybridized carbons (Fsp3) is 0.353. The van der Waals surface area contributed by atoms with E-state index in [4.69, 9.17) is 14.2 Å². The molecule has 156 valence electrons. The Morgan fingerprint density at radius 2 is 1.97 bits per heavy atom. The number of amides is 1. The zero-order chi connectivity index (χ0) is 21.0. The first kappa shape index (κ1) is 20.3. The summed E-state index contributed by atoms with van der Waals surface area (Å²) in [7, 11) is 1.41. The van der Waals surface area contributed by atoms with Gasteiger partial charge in [-0.25, -0.2) is 9.78 Å². The van der Waals surface area contributed by atoms with E-state index in [1.165, 1.54) is 19.2 Å². The van der Waals surface area contributed by atoms with Crippen molar-refractivity contribution in [2.24, 2.45) is 0 Å². The third-order valence-electron chi connectivity index (χ3n) is 3.74. The number of hydrogen-bond donors (Lipinski definition) is 3. The van der Waals surface area contributed by atoms with Crippen LogP contribution in [0.4, 0.5) is 35.4 Å². The van der Waals surface area contributed by atoms with Gasteiger partial charge in [0.25, 0.3) is 0 Å². The first-order valence-electron chi connectivity index (χ1n) is 8.60. The number of halogens is 3. The Morgan fingerprint density at radius 3 is 2.62 bits per heavy atom. The summed E-state index contributed by atoms with van der Waals surface area (Å²) in [6.07, 6.45) is -4.59. The topological polar surface area (TPSA) is 107 Å². The number of ether oxygens (including phenoxy) is 3. The van der Waals surface area contributed by atoms with E-state index in [1.54, 1.807) is 6.92 Å². The highest BCUT2D eigenvalue weighted by Gasteiger charge is 2.35. The van der Waals surface area contributed by atoms with Crippen LogP contribution in [0.25, 0.3) is 0 Å². The largest absolute Gasteiger partial charge is 0.484 e. The number of hydrogen-bond acceptors (Lipinski definition) is 8. The van der Waals surface area contributed by atoms with Crippen LogP contribution >= 0.6 is 0 Å². The van der Waals surface area contributed by atoms with Crippen LogP contribution in [0.15, 0.2) is 18.3 Å². The van der Waals surface area contributed by atoms with Crippen molar-refractivity contribution in [1.82, 2.24) is 15.3 Å². The number of carbonyl (C=O) groups excluding carboxylic acids is 1. The van der Waals surface area contributed by atoms with Gasteiger partial charge in [-0.3, -0.25) is 0 Å². The lowest BCUT2D eigenvalue weighted by Gasteiger charge is -2.23. The highest BCUT2D eigenvalue weighted by atomic mass is 19.4. The number of alkyl halides is 3. The number of anilines is 3. The van der Waals surface area contributed by atoms with Crippen LogP contribution in [0.3, 0.4) is 0 Å². The van der Waals surface area contributed by atoms with E-state index >= 15 is 0 Å². The van der Waals surface area contributed by atoms with Gasteiger partial charge < -0.3 is 30.2 Å². The van der Waals surface area contributed by atoms with Gasteiger partial charge in [-0.05, 0) is 19.1 Å². The number of fused-ring (bicyclic) bond motifs is 1. The van der Waals surface area contributed by atoms with Crippen molar-refractivity contribution in [1.29, 1.82) is 0 Å². The van der Waals surface area contributed by atoms with Gasteiger partial charge in [-0.2, -0.15) is 18.2 Å². The molecule has 0 saturated carbocycles. The van der Waals surface area contributed by atoms with Gasteiger partial charge in [0.2, 0.25) is 11.7 Å². The molecule has 1 aromatic carbocycles. The summed E-state index contributed by atoms with van der Waals surface area (Å²) in [5.74, 6) is 0.120. The molecule has 2 heterocycles. The number of nitrogens with one attached hydrogen (secondary N) is 3. The summed E-state index contributed by atoms with van der Waals surface area (Å²) in [6.45, 7) is 2.38. The molecule has 0 aliphatic carbocycles. The molecule has 0 radical (unpaired) electrons. The molecule has 1 amide bonds. The van der Waals surface area contributed by atoms with Crippen LogP contribution in [0.1, 0.15) is 12.5 Å². The molecule has 0 atom stereocenters. The lowest BCUT2D eigenvalue weighted by molar-refractivity contribution is -0.137. The normalized spacial score (nSPS) is 12.9. The van der Waals surface area contributed by atoms with E-state index in [0.29, 0.717) is 11.9 Å². The van der Waals surface area contributed by atoms with Crippen molar-refractivity contribution < 1.29 is 32.2 Å². The summed E-state index contributed by atoms with van der Waals surface area (Å²) < 4.78 is 55.6. The van der Waals surface area contributed by atoms with Crippen LogP contribution in [0.2, 0.25) is 0 Å². The number of carbonyl (C=O) groups is 1. The van der Waals surface area contributed by atoms with Gasteiger partial charge >= 0.3 is 12.3 Å².